The Balaban J connectivity index is 2.06. The smallest absolute Gasteiger partial charge is 0.127 e. The third-order valence-electron chi connectivity index (χ3n) is 2.83. The molecule has 0 amide bonds. The van der Waals surface area contributed by atoms with Gasteiger partial charge in [-0.1, -0.05) is 42.5 Å². The van der Waals surface area contributed by atoms with Gasteiger partial charge in [-0.3, -0.25) is 4.21 Å². The van der Waals surface area contributed by atoms with Crippen molar-refractivity contribution in [2.75, 3.05) is 0 Å². The van der Waals surface area contributed by atoms with Crippen LogP contribution >= 0.6 is 0 Å². The summed E-state index contributed by atoms with van der Waals surface area (Å²) in [5.74, 6) is 0.334. The first-order valence-electron chi connectivity index (χ1n) is 6.05. The highest BCUT2D eigenvalue weighted by Gasteiger charge is 2.08. The van der Waals surface area contributed by atoms with Crippen LogP contribution in [0.1, 0.15) is 16.7 Å². The maximum atomic E-state index is 13.6. The van der Waals surface area contributed by atoms with Crippen LogP contribution in [0.3, 0.4) is 0 Å². The fourth-order valence-electron chi connectivity index (χ4n) is 1.85. The van der Waals surface area contributed by atoms with Crippen molar-refractivity contribution in [3.8, 4) is 0 Å². The van der Waals surface area contributed by atoms with Crippen molar-refractivity contribution in [2.24, 2.45) is 5.73 Å². The largest absolute Gasteiger partial charge is 0.326 e. The molecule has 4 heteroatoms. The zero-order valence-corrected chi connectivity index (χ0v) is 11.3. The highest BCUT2D eigenvalue weighted by molar-refractivity contribution is 7.83. The average molecular weight is 277 g/mol. The van der Waals surface area contributed by atoms with Gasteiger partial charge >= 0.3 is 0 Å². The van der Waals surface area contributed by atoms with E-state index in [2.05, 4.69) is 0 Å². The van der Waals surface area contributed by atoms with Crippen molar-refractivity contribution in [2.45, 2.75) is 18.1 Å². The Hall–Kier alpha value is -1.52. The molecule has 2 rings (SSSR count). The van der Waals surface area contributed by atoms with Gasteiger partial charge in [0.05, 0.1) is 5.75 Å². The van der Waals surface area contributed by atoms with Crippen LogP contribution < -0.4 is 5.73 Å². The normalized spacial score (nSPS) is 12.3. The highest BCUT2D eigenvalue weighted by Crippen LogP contribution is 2.14. The quantitative estimate of drug-likeness (QED) is 0.913. The van der Waals surface area contributed by atoms with Crippen LogP contribution in [0.15, 0.2) is 48.5 Å². The summed E-state index contributed by atoms with van der Waals surface area (Å²) in [6.45, 7) is 0.360. The molecule has 100 valence electrons. The first-order chi connectivity index (χ1) is 9.19. The number of nitrogens with two attached hydrogens (primary N) is 1. The fraction of sp³-hybridized carbons (Fsp3) is 0.200. The van der Waals surface area contributed by atoms with Gasteiger partial charge in [0, 0.05) is 28.7 Å². The summed E-state index contributed by atoms with van der Waals surface area (Å²) in [6, 6.07) is 14.3. The van der Waals surface area contributed by atoms with Crippen molar-refractivity contribution < 1.29 is 8.60 Å². The van der Waals surface area contributed by atoms with E-state index < -0.39 is 10.8 Å². The number of rotatable bonds is 5. The minimum atomic E-state index is -1.12. The summed E-state index contributed by atoms with van der Waals surface area (Å²) in [4.78, 5) is 0. The monoisotopic (exact) mass is 277 g/mol. The zero-order chi connectivity index (χ0) is 13.7. The Labute approximate surface area is 114 Å². The molecule has 0 saturated carbocycles. The van der Waals surface area contributed by atoms with Gasteiger partial charge in [0.15, 0.2) is 0 Å². The summed E-state index contributed by atoms with van der Waals surface area (Å²) >= 11 is 0. The van der Waals surface area contributed by atoms with Gasteiger partial charge in [0.25, 0.3) is 0 Å². The second-order valence-electron chi connectivity index (χ2n) is 4.34. The molecule has 0 aromatic heterocycles. The second kappa shape index (κ2) is 6.59. The lowest BCUT2D eigenvalue weighted by Gasteiger charge is -2.06. The SMILES string of the molecule is NCc1ccc(F)c(CS(=O)Cc2ccccc2)c1. The summed E-state index contributed by atoms with van der Waals surface area (Å²) in [6.07, 6.45) is 0. The van der Waals surface area contributed by atoms with Crippen LogP contribution in [0.25, 0.3) is 0 Å². The van der Waals surface area contributed by atoms with E-state index in [1.165, 1.54) is 6.07 Å². The zero-order valence-electron chi connectivity index (χ0n) is 10.5. The van der Waals surface area contributed by atoms with E-state index in [1.54, 1.807) is 12.1 Å². The molecule has 0 heterocycles. The first kappa shape index (κ1) is 13.9. The molecule has 19 heavy (non-hydrogen) atoms. The molecule has 0 saturated heterocycles. The van der Waals surface area contributed by atoms with E-state index in [-0.39, 0.29) is 11.6 Å². The molecule has 0 aliphatic heterocycles. The van der Waals surface area contributed by atoms with Crippen LogP contribution in [0, 0.1) is 5.82 Å². The minimum absolute atomic E-state index is 0.217. The van der Waals surface area contributed by atoms with Crippen molar-refractivity contribution in [3.05, 3.63) is 71.0 Å². The van der Waals surface area contributed by atoms with Crippen molar-refractivity contribution >= 4 is 10.8 Å². The molecule has 2 aromatic rings. The number of hydrogen-bond acceptors (Lipinski definition) is 2. The van der Waals surface area contributed by atoms with Gasteiger partial charge in [0.2, 0.25) is 0 Å². The lowest BCUT2D eigenvalue weighted by Crippen LogP contribution is -2.04. The van der Waals surface area contributed by atoms with E-state index in [0.717, 1.165) is 11.1 Å². The number of hydrogen-bond donors (Lipinski definition) is 1. The van der Waals surface area contributed by atoms with Crippen LogP contribution in [0.2, 0.25) is 0 Å². The topological polar surface area (TPSA) is 43.1 Å². The molecule has 0 aliphatic carbocycles. The first-order valence-corrected chi connectivity index (χ1v) is 7.54. The van der Waals surface area contributed by atoms with Gasteiger partial charge in [-0.05, 0) is 17.2 Å². The molecule has 0 aliphatic rings. The molecule has 2 aromatic carbocycles. The molecule has 1 unspecified atom stereocenters. The maximum Gasteiger partial charge on any atom is 0.127 e. The summed E-state index contributed by atoms with van der Waals surface area (Å²) < 4.78 is 25.7. The van der Waals surface area contributed by atoms with Gasteiger partial charge in [-0.25, -0.2) is 4.39 Å². The Morgan fingerprint density at radius 2 is 1.74 bits per heavy atom. The third kappa shape index (κ3) is 3.98. The third-order valence-corrected chi connectivity index (χ3v) is 4.12. The predicted molar refractivity (Wildman–Crippen MR) is 76.3 cm³/mol. The lowest BCUT2D eigenvalue weighted by atomic mass is 10.1. The maximum absolute atomic E-state index is 13.6. The fourth-order valence-corrected chi connectivity index (χ4v) is 3.08. The highest BCUT2D eigenvalue weighted by atomic mass is 32.2. The van der Waals surface area contributed by atoms with Crippen molar-refractivity contribution in [1.82, 2.24) is 0 Å². The molecule has 2 nitrogen and oxygen atoms in total. The molecule has 0 bridgehead atoms. The van der Waals surface area contributed by atoms with Gasteiger partial charge in [0.1, 0.15) is 5.82 Å². The van der Waals surface area contributed by atoms with Crippen LogP contribution in [0.5, 0.6) is 0 Å². The number of benzene rings is 2. The second-order valence-corrected chi connectivity index (χ2v) is 5.80. The van der Waals surface area contributed by atoms with Gasteiger partial charge < -0.3 is 5.73 Å². The molecule has 1 atom stereocenters. The van der Waals surface area contributed by atoms with Crippen LogP contribution in [-0.4, -0.2) is 4.21 Å². The molecule has 0 spiro atoms. The van der Waals surface area contributed by atoms with E-state index >= 15 is 0 Å². The number of halogens is 1. The molecule has 2 N–H and O–H groups in total. The Bertz CT molecular complexity index is 572. The van der Waals surface area contributed by atoms with E-state index in [1.807, 2.05) is 30.3 Å². The predicted octanol–water partition coefficient (Wildman–Crippen LogP) is 2.73. The average Bonchev–Trinajstić information content (AvgIpc) is 2.42. The van der Waals surface area contributed by atoms with E-state index in [0.29, 0.717) is 17.9 Å². The summed E-state index contributed by atoms with van der Waals surface area (Å²) in [5.41, 5.74) is 7.85. The molecule has 0 fully saturated rings. The van der Waals surface area contributed by atoms with Crippen molar-refractivity contribution in [1.29, 1.82) is 0 Å². The Kier molecular flexibility index (Phi) is 4.82. The molecule has 0 radical (unpaired) electrons. The van der Waals surface area contributed by atoms with Crippen LogP contribution in [0.4, 0.5) is 4.39 Å². The lowest BCUT2D eigenvalue weighted by molar-refractivity contribution is 0.614. The van der Waals surface area contributed by atoms with Gasteiger partial charge in [-0.15, -0.1) is 0 Å². The van der Waals surface area contributed by atoms with E-state index in [9.17, 15) is 8.60 Å². The van der Waals surface area contributed by atoms with Gasteiger partial charge in [-0.2, -0.15) is 0 Å². The Morgan fingerprint density at radius 1 is 1.00 bits per heavy atom. The summed E-state index contributed by atoms with van der Waals surface area (Å²) in [5, 5.41) is 0. The van der Waals surface area contributed by atoms with E-state index in [4.69, 9.17) is 5.73 Å². The Morgan fingerprint density at radius 3 is 2.42 bits per heavy atom. The molecular formula is C15H16FNOS. The minimum Gasteiger partial charge on any atom is -0.326 e. The molecular weight excluding hydrogens is 261 g/mol. The van der Waals surface area contributed by atoms with Crippen LogP contribution in [-0.2, 0) is 28.9 Å². The summed E-state index contributed by atoms with van der Waals surface area (Å²) in [7, 11) is -1.12. The standard InChI is InChI=1S/C15H16FNOS/c16-15-7-6-13(9-17)8-14(15)11-19(18)10-12-4-2-1-3-5-12/h1-8H,9-11,17H2. The van der Waals surface area contributed by atoms with Crippen molar-refractivity contribution in [3.63, 3.8) is 0 Å².